The summed E-state index contributed by atoms with van der Waals surface area (Å²) in [7, 11) is -3.87. The highest BCUT2D eigenvalue weighted by molar-refractivity contribution is 7.49. The van der Waals surface area contributed by atoms with Crippen LogP contribution >= 0.6 is 7.82 Å². The molecule has 0 atom stereocenters. The van der Waals surface area contributed by atoms with E-state index in [2.05, 4.69) is 20.8 Å². The minimum absolute atomic E-state index is 0.464. The lowest BCUT2D eigenvalue weighted by molar-refractivity contribution is 0.0223. The first-order valence-electron chi connectivity index (χ1n) is 9.85. The summed E-state index contributed by atoms with van der Waals surface area (Å²) < 4.78 is 31.4. The first kappa shape index (κ1) is 21.5. The Kier molecular flexibility index (Phi) is 8.40. The van der Waals surface area contributed by atoms with E-state index in [1.165, 1.54) is 0 Å². The predicted molar refractivity (Wildman–Crippen MR) is 110 cm³/mol. The lowest BCUT2D eigenvalue weighted by Gasteiger charge is -2.34. The molecule has 27 heavy (non-hydrogen) atoms. The molecule has 5 heteroatoms. The number of phosphoric acid groups is 1. The van der Waals surface area contributed by atoms with Gasteiger partial charge in [-0.2, -0.15) is 0 Å². The summed E-state index contributed by atoms with van der Waals surface area (Å²) in [5, 5.41) is 0. The molecule has 0 aromatic heterocycles. The zero-order valence-electron chi connectivity index (χ0n) is 16.6. The molecule has 148 valence electrons. The van der Waals surface area contributed by atoms with Crippen LogP contribution in [0.15, 0.2) is 60.7 Å². The molecule has 0 saturated heterocycles. The fraction of sp³-hybridized carbons (Fsp3) is 0.455. The molecule has 0 aliphatic rings. The third-order valence-electron chi connectivity index (χ3n) is 4.75. The van der Waals surface area contributed by atoms with E-state index in [9.17, 15) is 4.57 Å². The van der Waals surface area contributed by atoms with Gasteiger partial charge in [-0.3, -0.25) is 4.52 Å². The average molecular weight is 390 g/mol. The first-order chi connectivity index (χ1) is 13.0. The molecule has 2 aromatic carbocycles. The SMILES string of the molecule is CCCCCC(CC)(CC)OP(=O)(Oc1ccccc1)Oc1ccccc1. The molecule has 0 aliphatic heterocycles. The first-order valence-corrected chi connectivity index (χ1v) is 11.3. The topological polar surface area (TPSA) is 44.8 Å². The van der Waals surface area contributed by atoms with Crippen molar-refractivity contribution in [1.29, 1.82) is 0 Å². The van der Waals surface area contributed by atoms with Crippen molar-refractivity contribution in [2.45, 2.75) is 64.9 Å². The van der Waals surface area contributed by atoms with Crippen molar-refractivity contribution < 1.29 is 18.1 Å². The van der Waals surface area contributed by atoms with Gasteiger partial charge in [0.05, 0.1) is 5.60 Å². The zero-order valence-corrected chi connectivity index (χ0v) is 17.5. The van der Waals surface area contributed by atoms with Crippen molar-refractivity contribution >= 4 is 7.82 Å². The molecule has 0 fully saturated rings. The van der Waals surface area contributed by atoms with E-state index >= 15 is 0 Å². The number of benzene rings is 2. The van der Waals surface area contributed by atoms with Crippen LogP contribution in [0.2, 0.25) is 0 Å². The van der Waals surface area contributed by atoms with Crippen molar-refractivity contribution in [3.8, 4) is 11.5 Å². The van der Waals surface area contributed by atoms with Gasteiger partial charge < -0.3 is 9.05 Å². The molecule has 0 heterocycles. The normalized spacial score (nSPS) is 12.0. The average Bonchev–Trinajstić information content (AvgIpc) is 2.68. The second-order valence-corrected chi connectivity index (χ2v) is 8.14. The van der Waals surface area contributed by atoms with Gasteiger partial charge in [-0.1, -0.05) is 76.4 Å². The molecule has 0 radical (unpaired) electrons. The van der Waals surface area contributed by atoms with Gasteiger partial charge in [-0.25, -0.2) is 4.57 Å². The second-order valence-electron chi connectivity index (χ2n) is 6.69. The van der Waals surface area contributed by atoms with Crippen molar-refractivity contribution in [1.82, 2.24) is 0 Å². The quantitative estimate of drug-likeness (QED) is 0.280. The Labute approximate surface area is 163 Å². The molecule has 0 aliphatic carbocycles. The van der Waals surface area contributed by atoms with Gasteiger partial charge >= 0.3 is 7.82 Å². The zero-order chi connectivity index (χ0) is 19.6. The summed E-state index contributed by atoms with van der Waals surface area (Å²) in [5.74, 6) is 0.929. The van der Waals surface area contributed by atoms with Crippen LogP contribution in [0.4, 0.5) is 0 Å². The van der Waals surface area contributed by atoms with E-state index in [4.69, 9.17) is 13.6 Å². The van der Waals surface area contributed by atoms with Crippen molar-refractivity contribution in [2.24, 2.45) is 0 Å². The number of hydrogen-bond acceptors (Lipinski definition) is 4. The van der Waals surface area contributed by atoms with Crippen LogP contribution < -0.4 is 9.05 Å². The Morgan fingerprint density at radius 2 is 1.26 bits per heavy atom. The maximum atomic E-state index is 13.7. The van der Waals surface area contributed by atoms with E-state index < -0.39 is 13.4 Å². The maximum absolute atomic E-state index is 13.7. The van der Waals surface area contributed by atoms with Crippen LogP contribution in [-0.2, 0) is 9.09 Å². The van der Waals surface area contributed by atoms with Crippen molar-refractivity contribution in [3.63, 3.8) is 0 Å². The monoisotopic (exact) mass is 390 g/mol. The fourth-order valence-electron chi connectivity index (χ4n) is 2.99. The molecule has 0 N–H and O–H groups in total. The molecule has 0 unspecified atom stereocenters. The number of unbranched alkanes of at least 4 members (excludes halogenated alkanes) is 2. The second kappa shape index (κ2) is 10.5. The smallest absolute Gasteiger partial charge is 0.395 e. The van der Waals surface area contributed by atoms with E-state index in [1.54, 1.807) is 24.3 Å². The minimum Gasteiger partial charge on any atom is -0.395 e. The van der Waals surface area contributed by atoms with Crippen LogP contribution in [0.25, 0.3) is 0 Å². The molecule has 0 saturated carbocycles. The Hall–Kier alpha value is -1.77. The summed E-state index contributed by atoms with van der Waals surface area (Å²) in [4.78, 5) is 0. The molecule has 2 aromatic rings. The van der Waals surface area contributed by atoms with Gasteiger partial charge in [-0.05, 0) is 43.5 Å². The molecule has 2 rings (SSSR count). The van der Waals surface area contributed by atoms with Crippen LogP contribution in [0, 0.1) is 0 Å². The lowest BCUT2D eigenvalue weighted by atomic mass is 9.91. The number of phosphoric ester groups is 1. The predicted octanol–water partition coefficient (Wildman–Crippen LogP) is 7.41. The molecule has 0 spiro atoms. The highest BCUT2D eigenvalue weighted by atomic mass is 31.2. The van der Waals surface area contributed by atoms with Gasteiger partial charge in [0.25, 0.3) is 0 Å². The van der Waals surface area contributed by atoms with Crippen LogP contribution in [-0.4, -0.2) is 5.60 Å². The maximum Gasteiger partial charge on any atom is 0.588 e. The van der Waals surface area contributed by atoms with Gasteiger partial charge in [0, 0.05) is 0 Å². The Bertz CT molecular complexity index is 653. The van der Waals surface area contributed by atoms with Crippen molar-refractivity contribution in [2.75, 3.05) is 0 Å². The Morgan fingerprint density at radius 3 is 1.67 bits per heavy atom. The van der Waals surface area contributed by atoms with E-state index in [0.29, 0.717) is 11.5 Å². The summed E-state index contributed by atoms with van der Waals surface area (Å²) in [6, 6.07) is 18.1. The Morgan fingerprint density at radius 1 is 0.778 bits per heavy atom. The van der Waals surface area contributed by atoms with E-state index in [-0.39, 0.29) is 0 Å². The van der Waals surface area contributed by atoms with E-state index in [1.807, 2.05) is 36.4 Å². The summed E-state index contributed by atoms with van der Waals surface area (Å²) in [6.45, 7) is 6.29. The summed E-state index contributed by atoms with van der Waals surface area (Å²) >= 11 is 0. The minimum atomic E-state index is -3.87. The molecule has 0 bridgehead atoms. The third-order valence-corrected chi connectivity index (χ3v) is 6.23. The number of para-hydroxylation sites is 2. The largest absolute Gasteiger partial charge is 0.588 e. The molecule has 0 amide bonds. The Balaban J connectivity index is 2.27. The van der Waals surface area contributed by atoms with Crippen LogP contribution in [0.1, 0.15) is 59.3 Å². The molecular weight excluding hydrogens is 359 g/mol. The molecule has 4 nitrogen and oxygen atoms in total. The van der Waals surface area contributed by atoms with Gasteiger partial charge in [0.2, 0.25) is 0 Å². The van der Waals surface area contributed by atoms with Crippen LogP contribution in [0.3, 0.4) is 0 Å². The van der Waals surface area contributed by atoms with Crippen molar-refractivity contribution in [3.05, 3.63) is 60.7 Å². The highest BCUT2D eigenvalue weighted by Crippen LogP contribution is 2.54. The fourth-order valence-corrected chi connectivity index (χ4v) is 4.68. The third kappa shape index (κ3) is 6.71. The molecular formula is C22H31O4P. The van der Waals surface area contributed by atoms with Crippen LogP contribution in [0.5, 0.6) is 11.5 Å². The summed E-state index contributed by atoms with van der Waals surface area (Å²) in [5.41, 5.74) is -0.533. The van der Waals surface area contributed by atoms with Gasteiger partial charge in [0.15, 0.2) is 0 Å². The van der Waals surface area contributed by atoms with Gasteiger partial charge in [-0.15, -0.1) is 0 Å². The van der Waals surface area contributed by atoms with Gasteiger partial charge in [0.1, 0.15) is 11.5 Å². The number of hydrogen-bond donors (Lipinski definition) is 0. The number of rotatable bonds is 12. The lowest BCUT2D eigenvalue weighted by Crippen LogP contribution is -2.31. The highest BCUT2D eigenvalue weighted by Gasteiger charge is 2.41. The summed E-state index contributed by atoms with van der Waals surface area (Å²) in [6.07, 6.45) is 5.58. The van der Waals surface area contributed by atoms with E-state index in [0.717, 1.165) is 38.5 Å². The standard InChI is InChI=1S/C22H31O4P/c1-4-7-14-19-22(5-2,6-3)26-27(23,24-20-15-10-8-11-16-20)25-21-17-12-9-13-18-21/h8-13,15-18H,4-7,14,19H2,1-3H3.